The van der Waals surface area contributed by atoms with Crippen LogP contribution in [0.15, 0.2) is 66.9 Å². The molecular formula is C29H33N7O3. The molecule has 3 aromatic rings. The molecule has 4 N–H and O–H groups in total. The van der Waals surface area contributed by atoms with Crippen LogP contribution in [0.3, 0.4) is 0 Å². The number of carbonyl (C=O) groups excluding carboxylic acids is 2. The number of hydrogen-bond acceptors (Lipinski definition) is 6. The van der Waals surface area contributed by atoms with Gasteiger partial charge in [0.25, 0.3) is 5.91 Å². The zero-order valence-corrected chi connectivity index (χ0v) is 21.8. The molecule has 2 aromatic carbocycles. The molecular weight excluding hydrogens is 494 g/mol. The number of anilines is 3. The molecule has 0 aliphatic carbocycles. The van der Waals surface area contributed by atoms with Crippen LogP contribution in [0.1, 0.15) is 28.0 Å². The Balaban J connectivity index is 1.40. The quantitative estimate of drug-likeness (QED) is 0.270. The summed E-state index contributed by atoms with van der Waals surface area (Å²) >= 11 is 0. The van der Waals surface area contributed by atoms with Gasteiger partial charge in [-0.05, 0) is 54.4 Å². The third kappa shape index (κ3) is 8.26. The Morgan fingerprint density at radius 1 is 1.03 bits per heavy atom. The highest BCUT2D eigenvalue weighted by Crippen LogP contribution is 2.18. The van der Waals surface area contributed by atoms with Crippen molar-refractivity contribution in [1.29, 1.82) is 0 Å². The first kappa shape index (κ1) is 27.6. The molecule has 0 radical (unpaired) electrons. The number of pyridine rings is 1. The molecule has 1 saturated heterocycles. The van der Waals surface area contributed by atoms with Crippen molar-refractivity contribution in [3.05, 3.63) is 95.1 Å². The second-order valence-electron chi connectivity index (χ2n) is 9.27. The van der Waals surface area contributed by atoms with Crippen LogP contribution in [0.2, 0.25) is 0 Å². The van der Waals surface area contributed by atoms with E-state index < -0.39 is 0 Å². The maximum Gasteiger partial charge on any atom is 0.322 e. The first-order chi connectivity index (χ1) is 19.0. The number of nitrogens with zero attached hydrogens (tertiary/aromatic N) is 4. The van der Waals surface area contributed by atoms with Crippen molar-refractivity contribution in [2.45, 2.75) is 19.5 Å². The van der Waals surface area contributed by atoms with E-state index in [-0.39, 0.29) is 17.6 Å². The van der Waals surface area contributed by atoms with Gasteiger partial charge in [-0.3, -0.25) is 14.7 Å². The first-order valence-electron chi connectivity index (χ1n) is 12.9. The van der Waals surface area contributed by atoms with E-state index in [9.17, 15) is 9.59 Å². The maximum absolute atomic E-state index is 13.3. The summed E-state index contributed by atoms with van der Waals surface area (Å²) in [5, 5.41) is 5.73. The van der Waals surface area contributed by atoms with Crippen molar-refractivity contribution >= 4 is 29.0 Å². The SMILES string of the molecule is [C-]#[N+]Cc1ccc(NC(=O)N(CCCN2CCOCC2)Cc2ccc(C(=O)Nc3ccccc3N)nc2)cc1. The second-order valence-corrected chi connectivity index (χ2v) is 9.27. The van der Waals surface area contributed by atoms with Crippen LogP contribution >= 0.6 is 0 Å². The highest BCUT2D eigenvalue weighted by atomic mass is 16.5. The number of nitrogens with one attached hydrogen (secondary N) is 2. The molecule has 4 rings (SSSR count). The molecule has 10 heteroatoms. The number of amides is 3. The molecule has 0 unspecified atom stereocenters. The number of urea groups is 1. The van der Waals surface area contributed by atoms with Gasteiger partial charge in [0.15, 0.2) is 0 Å². The van der Waals surface area contributed by atoms with E-state index in [2.05, 4.69) is 25.4 Å². The maximum atomic E-state index is 13.3. The molecule has 2 heterocycles. The number of benzene rings is 2. The molecule has 1 aliphatic heterocycles. The van der Waals surface area contributed by atoms with Gasteiger partial charge in [0, 0.05) is 50.2 Å². The fourth-order valence-corrected chi connectivity index (χ4v) is 4.22. The Morgan fingerprint density at radius 3 is 2.46 bits per heavy atom. The zero-order chi connectivity index (χ0) is 27.5. The predicted molar refractivity (Wildman–Crippen MR) is 151 cm³/mol. The molecule has 1 aromatic heterocycles. The van der Waals surface area contributed by atoms with Crippen molar-refractivity contribution in [2.75, 3.05) is 55.8 Å². The normalized spacial score (nSPS) is 13.3. The number of rotatable bonds is 10. The first-order valence-corrected chi connectivity index (χ1v) is 12.9. The highest BCUT2D eigenvalue weighted by Gasteiger charge is 2.17. The Kier molecular flexibility index (Phi) is 9.83. The van der Waals surface area contributed by atoms with Crippen LogP contribution in [0, 0.1) is 6.57 Å². The summed E-state index contributed by atoms with van der Waals surface area (Å²) < 4.78 is 5.43. The van der Waals surface area contributed by atoms with Crippen LogP contribution in [-0.4, -0.2) is 66.1 Å². The number of morpholine rings is 1. The van der Waals surface area contributed by atoms with Gasteiger partial charge in [0.1, 0.15) is 5.69 Å². The van der Waals surface area contributed by atoms with E-state index in [1.807, 2.05) is 12.1 Å². The number of ether oxygens (including phenoxy) is 1. The van der Waals surface area contributed by atoms with E-state index in [0.29, 0.717) is 36.7 Å². The fraction of sp³-hybridized carbons (Fsp3) is 0.310. The zero-order valence-electron chi connectivity index (χ0n) is 21.8. The van der Waals surface area contributed by atoms with Gasteiger partial charge in [-0.25, -0.2) is 11.4 Å². The van der Waals surface area contributed by atoms with E-state index in [1.165, 1.54) is 0 Å². The molecule has 0 spiro atoms. The van der Waals surface area contributed by atoms with Crippen LogP contribution in [0.25, 0.3) is 4.85 Å². The van der Waals surface area contributed by atoms with Gasteiger partial charge in [-0.15, -0.1) is 0 Å². The predicted octanol–water partition coefficient (Wildman–Crippen LogP) is 4.09. The summed E-state index contributed by atoms with van der Waals surface area (Å²) in [5.74, 6) is -0.360. The standard InChI is InChI=1S/C29H33N7O3/c1-31-19-22-7-10-24(11-8-22)33-29(38)36(14-4-13-35-15-17-39-18-16-35)21-23-9-12-27(32-20-23)28(37)34-26-6-3-2-5-25(26)30/h2-3,5-12,20H,4,13-19,21,30H2,(H,33,38)(H,34,37). The Hall–Kier alpha value is -4.46. The molecule has 10 nitrogen and oxygen atoms in total. The van der Waals surface area contributed by atoms with E-state index in [1.54, 1.807) is 59.6 Å². The lowest BCUT2D eigenvalue weighted by atomic mass is 10.2. The minimum Gasteiger partial charge on any atom is -0.397 e. The number of aromatic nitrogens is 1. The molecule has 0 bridgehead atoms. The minimum atomic E-state index is -0.360. The number of carbonyl (C=O) groups is 2. The monoisotopic (exact) mass is 527 g/mol. The largest absolute Gasteiger partial charge is 0.397 e. The van der Waals surface area contributed by atoms with Crippen molar-refractivity contribution < 1.29 is 14.3 Å². The Morgan fingerprint density at radius 2 is 1.77 bits per heavy atom. The van der Waals surface area contributed by atoms with Crippen molar-refractivity contribution in [3.8, 4) is 0 Å². The number of nitrogen functional groups attached to an aromatic ring is 1. The van der Waals surface area contributed by atoms with Crippen LogP contribution in [0.5, 0.6) is 0 Å². The van der Waals surface area contributed by atoms with Gasteiger partial charge in [0.2, 0.25) is 6.54 Å². The number of hydrogen-bond donors (Lipinski definition) is 3. The van der Waals surface area contributed by atoms with Gasteiger partial charge >= 0.3 is 6.03 Å². The smallest absolute Gasteiger partial charge is 0.322 e. The summed E-state index contributed by atoms with van der Waals surface area (Å²) in [6.45, 7) is 12.3. The van der Waals surface area contributed by atoms with Crippen LogP contribution in [-0.2, 0) is 17.8 Å². The second kappa shape index (κ2) is 13.9. The summed E-state index contributed by atoms with van der Waals surface area (Å²) in [4.78, 5) is 37.7. The highest BCUT2D eigenvalue weighted by molar-refractivity contribution is 6.04. The molecule has 1 aliphatic rings. The average Bonchev–Trinajstić information content (AvgIpc) is 2.96. The van der Waals surface area contributed by atoms with Crippen LogP contribution < -0.4 is 16.4 Å². The molecule has 202 valence electrons. The minimum absolute atomic E-state index is 0.226. The molecule has 1 fully saturated rings. The third-order valence-electron chi connectivity index (χ3n) is 6.40. The molecule has 0 atom stereocenters. The summed E-state index contributed by atoms with van der Waals surface area (Å²) in [5.41, 5.74) is 9.54. The fourth-order valence-electron chi connectivity index (χ4n) is 4.22. The summed E-state index contributed by atoms with van der Waals surface area (Å²) in [6, 6.07) is 17.5. The lowest BCUT2D eigenvalue weighted by molar-refractivity contribution is 0.0365. The van der Waals surface area contributed by atoms with Crippen molar-refractivity contribution in [2.24, 2.45) is 0 Å². The Bertz CT molecular complexity index is 1280. The summed E-state index contributed by atoms with van der Waals surface area (Å²) in [7, 11) is 0. The Labute approximate surface area is 228 Å². The third-order valence-corrected chi connectivity index (χ3v) is 6.40. The van der Waals surface area contributed by atoms with Crippen molar-refractivity contribution in [3.63, 3.8) is 0 Å². The average molecular weight is 528 g/mol. The van der Waals surface area contributed by atoms with E-state index in [0.717, 1.165) is 50.4 Å². The molecule has 0 saturated carbocycles. The summed E-state index contributed by atoms with van der Waals surface area (Å²) in [6.07, 6.45) is 2.43. The van der Waals surface area contributed by atoms with Crippen LogP contribution in [0.4, 0.5) is 21.9 Å². The molecule has 3 amide bonds. The van der Waals surface area contributed by atoms with Gasteiger partial charge < -0.3 is 30.8 Å². The number of para-hydroxylation sites is 2. The lowest BCUT2D eigenvalue weighted by Gasteiger charge is -2.28. The van der Waals surface area contributed by atoms with Gasteiger partial charge in [-0.2, -0.15) is 0 Å². The molecule has 39 heavy (non-hydrogen) atoms. The lowest BCUT2D eigenvalue weighted by Crippen LogP contribution is -2.40. The van der Waals surface area contributed by atoms with Gasteiger partial charge in [0.05, 0.1) is 24.6 Å². The topological polar surface area (TPSA) is 117 Å². The van der Waals surface area contributed by atoms with E-state index in [4.69, 9.17) is 17.0 Å². The van der Waals surface area contributed by atoms with Crippen molar-refractivity contribution in [1.82, 2.24) is 14.8 Å². The van der Waals surface area contributed by atoms with E-state index >= 15 is 0 Å². The van der Waals surface area contributed by atoms with Gasteiger partial charge in [-0.1, -0.05) is 18.2 Å². The number of nitrogens with two attached hydrogens (primary N) is 1.